The zero-order valence-electron chi connectivity index (χ0n) is 16.1. The van der Waals surface area contributed by atoms with Gasteiger partial charge in [-0.25, -0.2) is 0 Å². The first-order valence-corrected chi connectivity index (χ1v) is 9.81. The number of pyridine rings is 1. The molecule has 1 saturated heterocycles. The zero-order valence-corrected chi connectivity index (χ0v) is 16.1. The lowest BCUT2D eigenvalue weighted by molar-refractivity contribution is -0.133. The second-order valence-corrected chi connectivity index (χ2v) is 7.35. The van der Waals surface area contributed by atoms with Crippen LogP contribution in [0.2, 0.25) is 0 Å². The molecule has 144 valence electrons. The number of phenols is 1. The summed E-state index contributed by atoms with van der Waals surface area (Å²) in [6.07, 6.45) is 6.34. The van der Waals surface area contributed by atoms with Gasteiger partial charge >= 0.3 is 0 Å². The lowest BCUT2D eigenvalue weighted by atomic mass is 9.93. The lowest BCUT2D eigenvalue weighted by Crippen LogP contribution is -2.37. The van der Waals surface area contributed by atoms with Crippen molar-refractivity contribution in [3.8, 4) is 5.75 Å². The van der Waals surface area contributed by atoms with Crippen LogP contribution >= 0.6 is 0 Å². The summed E-state index contributed by atoms with van der Waals surface area (Å²) in [7, 11) is 0. The van der Waals surface area contributed by atoms with Crippen molar-refractivity contribution in [3.63, 3.8) is 0 Å². The third-order valence-electron chi connectivity index (χ3n) is 5.40. The highest BCUT2D eigenvalue weighted by Crippen LogP contribution is 2.23. The number of nitrogens with zero attached hydrogens (tertiary/aromatic N) is 3. The minimum atomic E-state index is 0.204. The van der Waals surface area contributed by atoms with Crippen LogP contribution in [-0.4, -0.2) is 45.4 Å². The first-order chi connectivity index (χ1) is 13.1. The van der Waals surface area contributed by atoms with Gasteiger partial charge in [0.05, 0.1) is 0 Å². The van der Waals surface area contributed by atoms with E-state index in [9.17, 15) is 9.90 Å². The van der Waals surface area contributed by atoms with Crippen molar-refractivity contribution in [2.24, 2.45) is 5.92 Å². The smallest absolute Gasteiger partial charge is 0.223 e. The molecule has 27 heavy (non-hydrogen) atoms. The van der Waals surface area contributed by atoms with Crippen LogP contribution in [0.3, 0.4) is 0 Å². The van der Waals surface area contributed by atoms with Crippen molar-refractivity contribution >= 4 is 5.91 Å². The van der Waals surface area contributed by atoms with Crippen LogP contribution in [0.1, 0.15) is 37.3 Å². The second-order valence-electron chi connectivity index (χ2n) is 7.35. The molecule has 2 heterocycles. The highest BCUT2D eigenvalue weighted by atomic mass is 16.3. The topological polar surface area (TPSA) is 56.7 Å². The van der Waals surface area contributed by atoms with E-state index in [2.05, 4.69) is 16.8 Å². The number of carbonyl (C=O) groups is 1. The van der Waals surface area contributed by atoms with Gasteiger partial charge in [-0.2, -0.15) is 0 Å². The van der Waals surface area contributed by atoms with E-state index in [0.29, 0.717) is 25.4 Å². The Labute approximate surface area is 161 Å². The van der Waals surface area contributed by atoms with E-state index in [-0.39, 0.29) is 11.7 Å². The van der Waals surface area contributed by atoms with Gasteiger partial charge in [-0.3, -0.25) is 9.78 Å². The van der Waals surface area contributed by atoms with Crippen LogP contribution < -0.4 is 0 Å². The first kappa shape index (κ1) is 19.4. The Morgan fingerprint density at radius 1 is 1.07 bits per heavy atom. The highest BCUT2D eigenvalue weighted by Gasteiger charge is 2.23. The Bertz CT molecular complexity index is 710. The normalized spacial score (nSPS) is 15.6. The molecule has 1 fully saturated rings. The summed E-state index contributed by atoms with van der Waals surface area (Å²) in [6.45, 7) is 6.61. The third kappa shape index (κ3) is 5.79. The van der Waals surface area contributed by atoms with Crippen LogP contribution in [-0.2, 0) is 17.9 Å². The third-order valence-corrected chi connectivity index (χ3v) is 5.40. The van der Waals surface area contributed by atoms with E-state index in [1.54, 1.807) is 24.5 Å². The Morgan fingerprint density at radius 2 is 1.67 bits per heavy atom. The minimum Gasteiger partial charge on any atom is -0.508 e. The number of rotatable bonds is 7. The quantitative estimate of drug-likeness (QED) is 0.814. The van der Waals surface area contributed by atoms with E-state index in [0.717, 1.165) is 43.6 Å². The molecule has 0 atom stereocenters. The first-order valence-electron chi connectivity index (χ1n) is 9.81. The molecule has 1 N–H and O–H groups in total. The second kappa shape index (κ2) is 9.51. The fourth-order valence-corrected chi connectivity index (χ4v) is 3.65. The van der Waals surface area contributed by atoms with Crippen molar-refractivity contribution < 1.29 is 9.90 Å². The molecule has 0 aliphatic carbocycles. The van der Waals surface area contributed by atoms with E-state index >= 15 is 0 Å². The van der Waals surface area contributed by atoms with Gasteiger partial charge in [0.15, 0.2) is 0 Å². The molecule has 1 amide bonds. The van der Waals surface area contributed by atoms with E-state index in [1.807, 2.05) is 29.2 Å². The highest BCUT2D eigenvalue weighted by molar-refractivity contribution is 5.76. The summed E-state index contributed by atoms with van der Waals surface area (Å²) in [4.78, 5) is 21.5. The molecule has 1 aromatic carbocycles. The van der Waals surface area contributed by atoms with E-state index in [1.165, 1.54) is 0 Å². The molecule has 5 nitrogen and oxygen atoms in total. The van der Waals surface area contributed by atoms with Gasteiger partial charge in [-0.05, 0) is 73.8 Å². The molecule has 0 spiro atoms. The maximum Gasteiger partial charge on any atom is 0.223 e. The van der Waals surface area contributed by atoms with Crippen molar-refractivity contribution in [3.05, 3.63) is 59.9 Å². The van der Waals surface area contributed by atoms with Crippen molar-refractivity contribution in [1.82, 2.24) is 14.8 Å². The number of aromatic nitrogens is 1. The van der Waals surface area contributed by atoms with Crippen LogP contribution in [0.5, 0.6) is 5.75 Å². The van der Waals surface area contributed by atoms with E-state index < -0.39 is 0 Å². The molecule has 1 aromatic heterocycles. The summed E-state index contributed by atoms with van der Waals surface area (Å²) < 4.78 is 0. The summed E-state index contributed by atoms with van der Waals surface area (Å²) in [5.74, 6) is 0.920. The monoisotopic (exact) mass is 367 g/mol. The Balaban J connectivity index is 1.66. The van der Waals surface area contributed by atoms with Crippen molar-refractivity contribution in [1.29, 1.82) is 0 Å². The number of likely N-dealkylation sites (tertiary alicyclic amines) is 1. The fraction of sp³-hybridized carbons (Fsp3) is 0.455. The fourth-order valence-electron chi connectivity index (χ4n) is 3.65. The van der Waals surface area contributed by atoms with Gasteiger partial charge in [-0.15, -0.1) is 0 Å². The molecule has 5 heteroatoms. The minimum absolute atomic E-state index is 0.204. The van der Waals surface area contributed by atoms with Gasteiger partial charge < -0.3 is 14.9 Å². The number of carbonyl (C=O) groups excluding carboxylic acids is 1. The van der Waals surface area contributed by atoms with Crippen LogP contribution in [0, 0.1) is 5.92 Å². The summed E-state index contributed by atoms with van der Waals surface area (Å²) >= 11 is 0. The number of hydrogen-bond acceptors (Lipinski definition) is 4. The van der Waals surface area contributed by atoms with E-state index in [4.69, 9.17) is 0 Å². The van der Waals surface area contributed by atoms with Crippen molar-refractivity contribution in [2.45, 2.75) is 39.3 Å². The summed E-state index contributed by atoms with van der Waals surface area (Å²) in [5, 5.41) is 9.50. The molecule has 2 aromatic rings. The number of aromatic hydroxyl groups is 1. The summed E-state index contributed by atoms with van der Waals surface area (Å²) in [5.41, 5.74) is 2.11. The van der Waals surface area contributed by atoms with Gasteiger partial charge in [0.1, 0.15) is 5.75 Å². The molecular weight excluding hydrogens is 338 g/mol. The number of piperidine rings is 1. The molecular formula is C22H29N3O2. The Kier molecular flexibility index (Phi) is 6.82. The molecule has 1 aliphatic heterocycles. The SMILES string of the molecule is CCN1CCC(CC(=O)N(Cc2ccncc2)Cc2ccc(O)cc2)CC1. The molecule has 3 rings (SSSR count). The maximum absolute atomic E-state index is 13.1. The summed E-state index contributed by atoms with van der Waals surface area (Å²) in [6, 6.07) is 11.0. The largest absolute Gasteiger partial charge is 0.508 e. The van der Waals surface area contributed by atoms with Crippen LogP contribution in [0.15, 0.2) is 48.8 Å². The van der Waals surface area contributed by atoms with Gasteiger partial charge in [0, 0.05) is 31.9 Å². The predicted molar refractivity (Wildman–Crippen MR) is 106 cm³/mol. The number of phenolic OH excluding ortho intramolecular Hbond substituents is 1. The Hall–Kier alpha value is -2.40. The Morgan fingerprint density at radius 3 is 2.26 bits per heavy atom. The van der Waals surface area contributed by atoms with Gasteiger partial charge in [0.25, 0.3) is 0 Å². The number of benzene rings is 1. The standard InChI is InChI=1S/C22H29N3O2/c1-2-24-13-9-18(10-14-24)15-22(27)25(17-20-7-11-23-12-8-20)16-19-3-5-21(26)6-4-19/h3-8,11-12,18,26H,2,9-10,13-17H2,1H3. The molecule has 0 radical (unpaired) electrons. The van der Waals surface area contributed by atoms with Gasteiger partial charge in [-0.1, -0.05) is 19.1 Å². The average molecular weight is 367 g/mol. The van der Waals surface area contributed by atoms with Crippen LogP contribution in [0.4, 0.5) is 0 Å². The number of amides is 1. The molecule has 0 saturated carbocycles. The predicted octanol–water partition coefficient (Wildman–Crippen LogP) is 3.44. The molecule has 0 unspecified atom stereocenters. The lowest BCUT2D eigenvalue weighted by Gasteiger charge is -2.32. The molecule has 0 bridgehead atoms. The van der Waals surface area contributed by atoms with Crippen LogP contribution in [0.25, 0.3) is 0 Å². The number of hydrogen-bond donors (Lipinski definition) is 1. The molecule has 1 aliphatic rings. The maximum atomic E-state index is 13.1. The zero-order chi connectivity index (χ0) is 19.1. The average Bonchev–Trinajstić information content (AvgIpc) is 2.70. The van der Waals surface area contributed by atoms with Gasteiger partial charge in [0.2, 0.25) is 5.91 Å². The van der Waals surface area contributed by atoms with Crippen molar-refractivity contribution in [2.75, 3.05) is 19.6 Å².